The van der Waals surface area contributed by atoms with Crippen LogP contribution >= 0.6 is 0 Å². The molecule has 0 aliphatic carbocycles. The molecular formula is C20H20FN3O3. The quantitative estimate of drug-likeness (QED) is 0.874. The third-order valence-corrected chi connectivity index (χ3v) is 5.29. The van der Waals surface area contributed by atoms with E-state index >= 15 is 0 Å². The second kappa shape index (κ2) is 7.51. The minimum absolute atomic E-state index is 0.0404. The Morgan fingerprint density at radius 1 is 1.41 bits per heavy atom. The summed E-state index contributed by atoms with van der Waals surface area (Å²) in [6.07, 6.45) is 2.30. The third-order valence-electron chi connectivity index (χ3n) is 5.29. The summed E-state index contributed by atoms with van der Waals surface area (Å²) in [5, 5.41) is 11.9. The van der Waals surface area contributed by atoms with Gasteiger partial charge in [0.2, 0.25) is 5.91 Å². The fourth-order valence-electron chi connectivity index (χ4n) is 3.99. The molecule has 3 heterocycles. The monoisotopic (exact) mass is 369 g/mol. The molecule has 27 heavy (non-hydrogen) atoms. The van der Waals surface area contributed by atoms with Gasteiger partial charge in [0.15, 0.2) is 0 Å². The van der Waals surface area contributed by atoms with Crippen molar-refractivity contribution in [1.29, 1.82) is 5.26 Å². The van der Waals surface area contributed by atoms with Crippen molar-refractivity contribution in [1.82, 2.24) is 10.2 Å². The highest BCUT2D eigenvalue weighted by molar-refractivity contribution is 5.80. The maximum Gasteiger partial charge on any atom is 0.227 e. The molecule has 140 valence electrons. The molecule has 0 unspecified atom stereocenters. The number of carbonyl (C=O) groups is 1. The van der Waals surface area contributed by atoms with E-state index in [1.54, 1.807) is 24.5 Å². The Kier molecular flexibility index (Phi) is 4.92. The van der Waals surface area contributed by atoms with Crippen LogP contribution < -0.4 is 5.32 Å². The highest BCUT2D eigenvalue weighted by Gasteiger charge is 2.48. The molecule has 1 aromatic heterocycles. The van der Waals surface area contributed by atoms with Gasteiger partial charge < -0.3 is 14.5 Å². The van der Waals surface area contributed by atoms with Crippen LogP contribution in [0.1, 0.15) is 23.3 Å². The van der Waals surface area contributed by atoms with Crippen molar-refractivity contribution in [3.05, 3.63) is 59.3 Å². The van der Waals surface area contributed by atoms with E-state index < -0.39 is 5.82 Å². The third kappa shape index (κ3) is 3.59. The number of benzene rings is 1. The second-order valence-electron chi connectivity index (χ2n) is 6.95. The number of fused-ring (bicyclic) bond motifs is 1. The SMILES string of the molecule is N#Cc1cc(CN2C[C@H](C(=O)NCc3ccco3)[C@H]3OCC[C@H]32)ccc1F. The number of nitrogens with zero attached hydrogens (tertiary/aromatic N) is 2. The molecule has 0 saturated carbocycles. The van der Waals surface area contributed by atoms with E-state index in [1.165, 1.54) is 6.07 Å². The summed E-state index contributed by atoms with van der Waals surface area (Å²) in [5.41, 5.74) is 0.897. The molecule has 2 aliphatic heterocycles. The lowest BCUT2D eigenvalue weighted by atomic mass is 10.0. The minimum Gasteiger partial charge on any atom is -0.467 e. The van der Waals surface area contributed by atoms with Crippen LogP contribution in [-0.4, -0.2) is 36.1 Å². The number of carbonyl (C=O) groups excluding carboxylic acids is 1. The van der Waals surface area contributed by atoms with Crippen LogP contribution in [0, 0.1) is 23.1 Å². The van der Waals surface area contributed by atoms with Gasteiger partial charge in [-0.3, -0.25) is 9.69 Å². The molecule has 0 spiro atoms. The van der Waals surface area contributed by atoms with Crippen LogP contribution in [0.2, 0.25) is 0 Å². The van der Waals surface area contributed by atoms with Crippen molar-refractivity contribution >= 4 is 5.91 Å². The fraction of sp³-hybridized carbons (Fsp3) is 0.400. The van der Waals surface area contributed by atoms with Crippen LogP contribution in [0.15, 0.2) is 41.0 Å². The zero-order valence-corrected chi connectivity index (χ0v) is 14.7. The smallest absolute Gasteiger partial charge is 0.227 e. The number of ether oxygens (including phenoxy) is 1. The summed E-state index contributed by atoms with van der Waals surface area (Å²) in [6.45, 7) is 2.10. The van der Waals surface area contributed by atoms with Crippen LogP contribution in [0.3, 0.4) is 0 Å². The molecule has 4 rings (SSSR count). The van der Waals surface area contributed by atoms with E-state index in [0.29, 0.717) is 32.0 Å². The van der Waals surface area contributed by atoms with Gasteiger partial charge >= 0.3 is 0 Å². The topological polar surface area (TPSA) is 78.5 Å². The Bertz CT molecular complexity index is 862. The highest BCUT2D eigenvalue weighted by Crippen LogP contribution is 2.34. The Morgan fingerprint density at radius 3 is 3.07 bits per heavy atom. The molecule has 0 radical (unpaired) electrons. The van der Waals surface area contributed by atoms with Crippen molar-refractivity contribution in [3.8, 4) is 6.07 Å². The predicted octanol–water partition coefficient (Wildman–Crippen LogP) is 2.20. The lowest BCUT2D eigenvalue weighted by Gasteiger charge is -2.22. The molecular weight excluding hydrogens is 349 g/mol. The fourth-order valence-corrected chi connectivity index (χ4v) is 3.99. The number of hydrogen-bond acceptors (Lipinski definition) is 5. The minimum atomic E-state index is -0.514. The number of amides is 1. The van der Waals surface area contributed by atoms with E-state index in [0.717, 1.165) is 12.0 Å². The molecule has 1 aromatic carbocycles. The van der Waals surface area contributed by atoms with Gasteiger partial charge in [0, 0.05) is 25.7 Å². The highest BCUT2D eigenvalue weighted by atomic mass is 19.1. The van der Waals surface area contributed by atoms with Crippen molar-refractivity contribution in [2.45, 2.75) is 31.7 Å². The van der Waals surface area contributed by atoms with Crippen LogP contribution in [0.25, 0.3) is 0 Å². The molecule has 1 N–H and O–H groups in total. The number of likely N-dealkylation sites (tertiary alicyclic amines) is 1. The number of nitrogens with one attached hydrogen (secondary N) is 1. The van der Waals surface area contributed by atoms with Gasteiger partial charge in [-0.15, -0.1) is 0 Å². The number of furan rings is 1. The predicted molar refractivity (Wildman–Crippen MR) is 93.7 cm³/mol. The molecule has 2 aliphatic rings. The van der Waals surface area contributed by atoms with Gasteiger partial charge in [-0.2, -0.15) is 5.26 Å². The zero-order chi connectivity index (χ0) is 18.8. The first-order chi connectivity index (χ1) is 13.2. The van der Waals surface area contributed by atoms with Crippen molar-refractivity contribution in [2.24, 2.45) is 5.92 Å². The van der Waals surface area contributed by atoms with E-state index in [4.69, 9.17) is 14.4 Å². The van der Waals surface area contributed by atoms with Gasteiger partial charge in [0.25, 0.3) is 0 Å². The summed E-state index contributed by atoms with van der Waals surface area (Å²) in [7, 11) is 0. The number of halogens is 1. The van der Waals surface area contributed by atoms with E-state index in [-0.39, 0.29) is 29.5 Å². The summed E-state index contributed by atoms with van der Waals surface area (Å²) in [6, 6.07) is 10.2. The van der Waals surface area contributed by atoms with Gasteiger partial charge in [-0.1, -0.05) is 6.07 Å². The molecule has 0 bridgehead atoms. The van der Waals surface area contributed by atoms with Crippen molar-refractivity contribution < 1.29 is 18.3 Å². The number of rotatable bonds is 5. The van der Waals surface area contributed by atoms with E-state index in [2.05, 4.69) is 10.2 Å². The summed E-state index contributed by atoms with van der Waals surface area (Å²) >= 11 is 0. The molecule has 2 saturated heterocycles. The number of nitriles is 1. The van der Waals surface area contributed by atoms with E-state index in [9.17, 15) is 9.18 Å². The van der Waals surface area contributed by atoms with Gasteiger partial charge in [0.05, 0.1) is 30.4 Å². The van der Waals surface area contributed by atoms with Gasteiger partial charge in [0.1, 0.15) is 17.6 Å². The van der Waals surface area contributed by atoms with Crippen LogP contribution in [0.5, 0.6) is 0 Å². The zero-order valence-electron chi connectivity index (χ0n) is 14.7. The average Bonchev–Trinajstić information content (AvgIpc) is 3.40. The molecule has 3 atom stereocenters. The lowest BCUT2D eigenvalue weighted by Crippen LogP contribution is -2.37. The van der Waals surface area contributed by atoms with Gasteiger partial charge in [-0.25, -0.2) is 4.39 Å². The molecule has 6 nitrogen and oxygen atoms in total. The van der Waals surface area contributed by atoms with Crippen molar-refractivity contribution in [2.75, 3.05) is 13.2 Å². The maximum atomic E-state index is 13.6. The summed E-state index contributed by atoms with van der Waals surface area (Å²) < 4.78 is 24.6. The Balaban J connectivity index is 1.44. The maximum absolute atomic E-state index is 13.6. The standard InChI is InChI=1S/C20H20FN3O3/c21-17-4-3-13(8-14(17)9-22)11-24-12-16(19-18(24)5-7-27-19)20(25)23-10-15-2-1-6-26-15/h1-4,6,8,16,18-19H,5,7,10-12H2,(H,23,25)/t16-,18+,19+/m0/s1. The molecule has 2 fully saturated rings. The Morgan fingerprint density at radius 2 is 2.30 bits per heavy atom. The molecule has 1 amide bonds. The molecule has 7 heteroatoms. The number of hydrogen-bond donors (Lipinski definition) is 1. The first-order valence-electron chi connectivity index (χ1n) is 9.00. The second-order valence-corrected chi connectivity index (χ2v) is 6.95. The van der Waals surface area contributed by atoms with Gasteiger partial charge in [-0.05, 0) is 36.2 Å². The Hall–Kier alpha value is -2.69. The normalized spacial score (nSPS) is 24.5. The first-order valence-corrected chi connectivity index (χ1v) is 9.00. The average molecular weight is 369 g/mol. The van der Waals surface area contributed by atoms with Crippen LogP contribution in [0.4, 0.5) is 4.39 Å². The largest absolute Gasteiger partial charge is 0.467 e. The lowest BCUT2D eigenvalue weighted by molar-refractivity contribution is -0.127. The Labute approximate surface area is 156 Å². The van der Waals surface area contributed by atoms with Crippen molar-refractivity contribution in [3.63, 3.8) is 0 Å². The van der Waals surface area contributed by atoms with E-state index in [1.807, 2.05) is 12.1 Å². The summed E-state index contributed by atoms with van der Waals surface area (Å²) in [5.74, 6) is -0.122. The molecule has 2 aromatic rings. The van der Waals surface area contributed by atoms with Crippen LogP contribution in [-0.2, 0) is 22.6 Å². The summed E-state index contributed by atoms with van der Waals surface area (Å²) in [4.78, 5) is 14.9. The first kappa shape index (κ1) is 17.7.